The molecule has 0 aromatic rings. The Morgan fingerprint density at radius 1 is 1.47 bits per heavy atom. The van der Waals surface area contributed by atoms with Gasteiger partial charge in [0.1, 0.15) is 11.4 Å². The van der Waals surface area contributed by atoms with E-state index in [1.165, 1.54) is 0 Å². The smallest absolute Gasteiger partial charge is 0.410 e. The summed E-state index contributed by atoms with van der Waals surface area (Å²) in [5.41, 5.74) is -0.455. The number of fused-ring (bicyclic) bond motifs is 1. The van der Waals surface area contributed by atoms with Crippen LogP contribution in [0.4, 0.5) is 4.79 Å². The molecule has 1 aliphatic heterocycles. The van der Waals surface area contributed by atoms with E-state index in [1.54, 1.807) is 4.90 Å². The summed E-state index contributed by atoms with van der Waals surface area (Å²) in [6.45, 7) is 6.22. The Balaban J connectivity index is 1.96. The number of ketones is 1. The topological polar surface area (TPSA) is 46.6 Å². The third-order valence-electron chi connectivity index (χ3n) is 3.00. The third kappa shape index (κ3) is 1.85. The van der Waals surface area contributed by atoms with Crippen LogP contribution >= 0.6 is 0 Å². The van der Waals surface area contributed by atoms with Crippen molar-refractivity contribution in [2.24, 2.45) is 5.92 Å². The Labute approximate surface area is 89.6 Å². The lowest BCUT2D eigenvalue weighted by molar-refractivity contribution is -0.131. The minimum absolute atomic E-state index is 0.0949. The lowest BCUT2D eigenvalue weighted by Crippen LogP contribution is -2.49. The maximum absolute atomic E-state index is 11.7. The zero-order chi connectivity index (χ0) is 11.2. The van der Waals surface area contributed by atoms with Gasteiger partial charge >= 0.3 is 6.09 Å². The van der Waals surface area contributed by atoms with Crippen molar-refractivity contribution in [3.8, 4) is 0 Å². The van der Waals surface area contributed by atoms with E-state index < -0.39 is 5.60 Å². The van der Waals surface area contributed by atoms with Gasteiger partial charge in [0.15, 0.2) is 0 Å². The Hall–Kier alpha value is -1.06. The fourth-order valence-corrected chi connectivity index (χ4v) is 2.23. The van der Waals surface area contributed by atoms with Crippen LogP contribution in [0.3, 0.4) is 0 Å². The van der Waals surface area contributed by atoms with Gasteiger partial charge in [-0.1, -0.05) is 0 Å². The molecule has 4 heteroatoms. The van der Waals surface area contributed by atoms with Gasteiger partial charge < -0.3 is 9.64 Å². The average Bonchev–Trinajstić information content (AvgIpc) is 2.38. The summed E-state index contributed by atoms with van der Waals surface area (Å²) in [6.07, 6.45) is 1.05. The van der Waals surface area contributed by atoms with Gasteiger partial charge in [0.25, 0.3) is 0 Å². The number of ether oxygens (including phenoxy) is 1. The Kier molecular flexibility index (Phi) is 2.24. The van der Waals surface area contributed by atoms with Crippen LogP contribution in [-0.2, 0) is 9.53 Å². The molecule has 0 N–H and O–H groups in total. The van der Waals surface area contributed by atoms with Gasteiger partial charge in [-0.15, -0.1) is 0 Å². The number of carbonyl (C=O) groups is 2. The molecule has 1 saturated carbocycles. The van der Waals surface area contributed by atoms with Crippen molar-refractivity contribution in [3.63, 3.8) is 0 Å². The van der Waals surface area contributed by atoms with E-state index in [4.69, 9.17) is 4.74 Å². The second-order valence-electron chi connectivity index (χ2n) is 5.31. The molecule has 1 saturated heterocycles. The summed E-state index contributed by atoms with van der Waals surface area (Å²) in [5, 5.41) is 0. The lowest BCUT2D eigenvalue weighted by Gasteiger charge is -2.35. The molecule has 84 valence electrons. The standard InChI is InChI=1S/C11H17NO3/c1-11(2,3)15-10(14)12-5-4-7-8(12)6-9(7)13/h7-8H,4-6H2,1-3H3/t7-,8-/m1/s1. The third-order valence-corrected chi connectivity index (χ3v) is 3.00. The monoisotopic (exact) mass is 211 g/mol. The maximum Gasteiger partial charge on any atom is 0.410 e. The molecular formula is C11H17NO3. The van der Waals surface area contributed by atoms with Gasteiger partial charge in [0.2, 0.25) is 0 Å². The zero-order valence-corrected chi connectivity index (χ0v) is 9.45. The molecule has 15 heavy (non-hydrogen) atoms. The van der Waals surface area contributed by atoms with Crippen molar-refractivity contribution < 1.29 is 14.3 Å². The van der Waals surface area contributed by atoms with E-state index in [0.717, 1.165) is 6.42 Å². The summed E-state index contributed by atoms with van der Waals surface area (Å²) >= 11 is 0. The SMILES string of the molecule is CC(C)(C)OC(=O)N1CC[C@H]2C(=O)C[C@H]21. The largest absolute Gasteiger partial charge is 0.444 e. The van der Waals surface area contributed by atoms with Crippen molar-refractivity contribution in [1.82, 2.24) is 4.90 Å². The van der Waals surface area contributed by atoms with Crippen molar-refractivity contribution in [2.75, 3.05) is 6.54 Å². The maximum atomic E-state index is 11.7. The van der Waals surface area contributed by atoms with Gasteiger partial charge in [-0.05, 0) is 27.2 Å². The minimum atomic E-state index is -0.455. The fraction of sp³-hybridized carbons (Fsp3) is 0.818. The van der Waals surface area contributed by atoms with Crippen LogP contribution in [0.2, 0.25) is 0 Å². The Morgan fingerprint density at radius 3 is 2.60 bits per heavy atom. The summed E-state index contributed by atoms with van der Waals surface area (Å²) in [6, 6.07) is 0.118. The highest BCUT2D eigenvalue weighted by Gasteiger charge is 2.50. The minimum Gasteiger partial charge on any atom is -0.444 e. The molecule has 2 rings (SSSR count). The van der Waals surface area contributed by atoms with Crippen molar-refractivity contribution in [3.05, 3.63) is 0 Å². The predicted octanol–water partition coefficient (Wildman–Crippen LogP) is 1.58. The average molecular weight is 211 g/mol. The highest BCUT2D eigenvalue weighted by atomic mass is 16.6. The zero-order valence-electron chi connectivity index (χ0n) is 9.45. The second kappa shape index (κ2) is 3.22. The highest BCUT2D eigenvalue weighted by molar-refractivity contribution is 5.90. The lowest BCUT2D eigenvalue weighted by atomic mass is 9.79. The highest BCUT2D eigenvalue weighted by Crippen LogP contribution is 2.37. The van der Waals surface area contributed by atoms with E-state index >= 15 is 0 Å². The number of carbonyl (C=O) groups excluding carboxylic acids is 2. The molecular weight excluding hydrogens is 194 g/mol. The van der Waals surface area contributed by atoms with Crippen LogP contribution in [0.15, 0.2) is 0 Å². The molecule has 1 heterocycles. The molecule has 2 aliphatic rings. The summed E-state index contributed by atoms with van der Waals surface area (Å²) in [5.74, 6) is 0.392. The normalized spacial score (nSPS) is 29.8. The number of likely N-dealkylation sites (tertiary alicyclic amines) is 1. The molecule has 1 amide bonds. The van der Waals surface area contributed by atoms with E-state index in [9.17, 15) is 9.59 Å². The Morgan fingerprint density at radius 2 is 2.13 bits per heavy atom. The van der Waals surface area contributed by atoms with Gasteiger partial charge in [0.05, 0.1) is 6.04 Å². The number of Topliss-reactive ketones (excluding diaryl/α,β-unsaturated/α-hetero) is 1. The molecule has 0 aromatic carbocycles. The number of hydrogen-bond donors (Lipinski definition) is 0. The quantitative estimate of drug-likeness (QED) is 0.611. The first-order valence-electron chi connectivity index (χ1n) is 5.41. The molecule has 2 fully saturated rings. The van der Waals surface area contributed by atoms with Gasteiger partial charge in [-0.3, -0.25) is 4.79 Å². The molecule has 2 atom stereocenters. The van der Waals surface area contributed by atoms with Crippen LogP contribution in [0, 0.1) is 5.92 Å². The Bertz CT molecular complexity index is 305. The second-order valence-corrected chi connectivity index (χ2v) is 5.31. The van der Waals surface area contributed by atoms with Crippen LogP contribution in [0.25, 0.3) is 0 Å². The molecule has 0 aromatic heterocycles. The number of rotatable bonds is 0. The van der Waals surface area contributed by atoms with Crippen molar-refractivity contribution in [1.29, 1.82) is 0 Å². The summed E-state index contributed by atoms with van der Waals surface area (Å²) in [4.78, 5) is 24.6. The van der Waals surface area contributed by atoms with Crippen molar-refractivity contribution in [2.45, 2.75) is 45.3 Å². The molecule has 0 unspecified atom stereocenters. The molecule has 0 radical (unpaired) electrons. The number of hydrogen-bond acceptors (Lipinski definition) is 3. The van der Waals surface area contributed by atoms with Crippen LogP contribution in [0.1, 0.15) is 33.6 Å². The van der Waals surface area contributed by atoms with E-state index in [-0.39, 0.29) is 18.1 Å². The first-order chi connectivity index (χ1) is 6.88. The van der Waals surface area contributed by atoms with Gasteiger partial charge in [0, 0.05) is 18.9 Å². The van der Waals surface area contributed by atoms with E-state index in [2.05, 4.69) is 0 Å². The van der Waals surface area contributed by atoms with Gasteiger partial charge in [-0.2, -0.15) is 0 Å². The van der Waals surface area contributed by atoms with Crippen LogP contribution in [0.5, 0.6) is 0 Å². The molecule has 1 aliphatic carbocycles. The molecule has 0 bridgehead atoms. The number of nitrogens with zero attached hydrogens (tertiary/aromatic N) is 1. The van der Waals surface area contributed by atoms with Crippen LogP contribution in [-0.4, -0.2) is 35.0 Å². The van der Waals surface area contributed by atoms with E-state index in [1.807, 2.05) is 20.8 Å². The van der Waals surface area contributed by atoms with Crippen LogP contribution < -0.4 is 0 Å². The first kappa shape index (κ1) is 10.5. The molecule has 4 nitrogen and oxygen atoms in total. The van der Waals surface area contributed by atoms with Crippen molar-refractivity contribution >= 4 is 11.9 Å². The van der Waals surface area contributed by atoms with Gasteiger partial charge in [-0.25, -0.2) is 4.79 Å². The summed E-state index contributed by atoms with van der Waals surface area (Å²) in [7, 11) is 0. The van der Waals surface area contributed by atoms with E-state index in [0.29, 0.717) is 18.7 Å². The fourth-order valence-electron chi connectivity index (χ4n) is 2.23. The molecule has 0 spiro atoms. The predicted molar refractivity (Wildman–Crippen MR) is 54.5 cm³/mol. The summed E-state index contributed by atoms with van der Waals surface area (Å²) < 4.78 is 5.29. The first-order valence-corrected chi connectivity index (χ1v) is 5.41. The number of amides is 1.